The van der Waals surface area contributed by atoms with Crippen LogP contribution in [0.2, 0.25) is 0 Å². The number of rotatable bonds is 2. The minimum Gasteiger partial charge on any atom is -0.341 e. The number of alkyl halides is 2. The highest BCUT2D eigenvalue weighted by atomic mass is 19.3. The summed E-state index contributed by atoms with van der Waals surface area (Å²) in [4.78, 5) is 13.2. The minimum absolute atomic E-state index is 0.0523. The van der Waals surface area contributed by atoms with E-state index in [1.807, 2.05) is 6.07 Å². The van der Waals surface area contributed by atoms with Crippen LogP contribution in [0.25, 0.3) is 0 Å². The molecule has 3 nitrogen and oxygen atoms in total. The van der Waals surface area contributed by atoms with Crippen molar-refractivity contribution in [3.05, 3.63) is 0 Å². The number of likely N-dealkylation sites (tertiary alicyclic amines) is 1. The highest BCUT2D eigenvalue weighted by molar-refractivity contribution is 5.81. The largest absolute Gasteiger partial charge is 0.341 e. The van der Waals surface area contributed by atoms with Crippen LogP contribution in [0.15, 0.2) is 0 Å². The Balaban J connectivity index is 2.60. The normalized spacial score (nSPS) is 21.6. The van der Waals surface area contributed by atoms with E-state index in [1.54, 1.807) is 13.8 Å². The number of piperidine rings is 1. The number of amides is 1. The fraction of sp³-hybridized carbons (Fsp3) is 0.818. The van der Waals surface area contributed by atoms with Crippen molar-refractivity contribution in [1.29, 1.82) is 5.26 Å². The third-order valence-corrected chi connectivity index (χ3v) is 2.88. The van der Waals surface area contributed by atoms with E-state index >= 15 is 0 Å². The first-order chi connectivity index (χ1) is 7.37. The summed E-state index contributed by atoms with van der Waals surface area (Å²) in [6, 6.07) is 1.94. The molecule has 1 heterocycles. The average molecular weight is 230 g/mol. The number of nitrogens with zero attached hydrogens (tertiary/aromatic N) is 2. The Morgan fingerprint density at radius 2 is 1.88 bits per heavy atom. The zero-order valence-corrected chi connectivity index (χ0v) is 9.54. The lowest BCUT2D eigenvalue weighted by Crippen LogP contribution is -2.45. The van der Waals surface area contributed by atoms with Gasteiger partial charge in [0.05, 0.1) is 6.07 Å². The first-order valence-corrected chi connectivity index (χ1v) is 5.43. The maximum absolute atomic E-state index is 12.9. The van der Waals surface area contributed by atoms with Gasteiger partial charge in [-0.3, -0.25) is 4.79 Å². The average Bonchev–Trinajstić information content (AvgIpc) is 2.17. The number of nitriles is 1. The van der Waals surface area contributed by atoms with Crippen LogP contribution in [0.5, 0.6) is 0 Å². The Morgan fingerprint density at radius 1 is 1.38 bits per heavy atom. The van der Waals surface area contributed by atoms with Crippen LogP contribution in [-0.4, -0.2) is 29.8 Å². The molecule has 1 rings (SSSR count). The molecule has 1 fully saturated rings. The Bertz CT molecular complexity index is 300. The van der Waals surface area contributed by atoms with E-state index in [0.29, 0.717) is 0 Å². The van der Waals surface area contributed by atoms with Crippen molar-refractivity contribution in [3.63, 3.8) is 0 Å². The quantitative estimate of drug-likeness (QED) is 0.728. The van der Waals surface area contributed by atoms with Crippen molar-refractivity contribution in [2.45, 2.75) is 32.6 Å². The molecule has 0 aliphatic carbocycles. The topological polar surface area (TPSA) is 44.1 Å². The van der Waals surface area contributed by atoms with Gasteiger partial charge in [0.1, 0.15) is 5.92 Å². The second-order valence-electron chi connectivity index (χ2n) is 4.53. The summed E-state index contributed by atoms with van der Waals surface area (Å²) in [5.41, 5.74) is 0. The third kappa shape index (κ3) is 2.91. The minimum atomic E-state index is -2.66. The highest BCUT2D eigenvalue weighted by Crippen LogP contribution is 2.28. The van der Waals surface area contributed by atoms with Crippen LogP contribution >= 0.6 is 0 Å². The molecule has 1 atom stereocenters. The lowest BCUT2D eigenvalue weighted by molar-refractivity contribution is -0.140. The van der Waals surface area contributed by atoms with Crippen molar-refractivity contribution in [2.24, 2.45) is 11.8 Å². The fourth-order valence-electron chi connectivity index (χ4n) is 1.74. The standard InChI is InChI=1S/C11H16F2N2O/c1-8(2)9(7-14)10(16)15-5-3-11(12,13)4-6-15/h8-9H,3-6H2,1-2H3. The van der Waals surface area contributed by atoms with Gasteiger partial charge < -0.3 is 4.90 Å². The SMILES string of the molecule is CC(C)C(C#N)C(=O)N1CCC(F)(F)CC1. The maximum atomic E-state index is 12.9. The number of hydrogen-bond acceptors (Lipinski definition) is 2. The van der Waals surface area contributed by atoms with Crippen LogP contribution in [-0.2, 0) is 4.79 Å². The van der Waals surface area contributed by atoms with Crippen molar-refractivity contribution < 1.29 is 13.6 Å². The third-order valence-electron chi connectivity index (χ3n) is 2.88. The molecular weight excluding hydrogens is 214 g/mol. The molecule has 90 valence electrons. The summed E-state index contributed by atoms with van der Waals surface area (Å²) in [6.45, 7) is 3.67. The van der Waals surface area contributed by atoms with Gasteiger partial charge in [0.15, 0.2) is 0 Å². The number of halogens is 2. The van der Waals surface area contributed by atoms with Crippen molar-refractivity contribution in [1.82, 2.24) is 4.90 Å². The zero-order valence-electron chi connectivity index (χ0n) is 9.54. The van der Waals surface area contributed by atoms with Gasteiger partial charge in [0, 0.05) is 25.9 Å². The van der Waals surface area contributed by atoms with Gasteiger partial charge in [-0.2, -0.15) is 5.26 Å². The Labute approximate surface area is 94.0 Å². The zero-order chi connectivity index (χ0) is 12.3. The first kappa shape index (κ1) is 12.9. The smallest absolute Gasteiger partial charge is 0.251 e. The summed E-state index contributed by atoms with van der Waals surface area (Å²) < 4.78 is 25.8. The number of hydrogen-bond donors (Lipinski definition) is 0. The molecule has 0 saturated carbocycles. The van der Waals surface area contributed by atoms with Crippen molar-refractivity contribution in [2.75, 3.05) is 13.1 Å². The summed E-state index contributed by atoms with van der Waals surface area (Å²) in [6.07, 6.45) is -0.593. The molecule has 1 amide bonds. The van der Waals surface area contributed by atoms with E-state index in [9.17, 15) is 13.6 Å². The van der Waals surface area contributed by atoms with Crippen LogP contribution in [0.3, 0.4) is 0 Å². The van der Waals surface area contributed by atoms with E-state index in [0.717, 1.165) is 0 Å². The predicted molar refractivity (Wildman–Crippen MR) is 54.7 cm³/mol. The molecule has 1 saturated heterocycles. The van der Waals surface area contributed by atoms with Gasteiger partial charge in [0.25, 0.3) is 5.92 Å². The van der Waals surface area contributed by atoms with Gasteiger partial charge in [-0.15, -0.1) is 0 Å². The van der Waals surface area contributed by atoms with Crippen molar-refractivity contribution >= 4 is 5.91 Å². The van der Waals surface area contributed by atoms with Gasteiger partial charge in [0.2, 0.25) is 5.91 Å². The lowest BCUT2D eigenvalue weighted by Gasteiger charge is -2.33. The summed E-state index contributed by atoms with van der Waals surface area (Å²) in [5, 5.41) is 8.85. The van der Waals surface area contributed by atoms with E-state index in [1.165, 1.54) is 4.90 Å². The molecule has 0 radical (unpaired) electrons. The molecular formula is C11H16F2N2O. The van der Waals surface area contributed by atoms with Crippen LogP contribution in [0.4, 0.5) is 8.78 Å². The molecule has 1 aliphatic heterocycles. The molecule has 0 N–H and O–H groups in total. The Hall–Kier alpha value is -1.18. The van der Waals surface area contributed by atoms with E-state index in [-0.39, 0.29) is 37.8 Å². The van der Waals surface area contributed by atoms with E-state index in [2.05, 4.69) is 0 Å². The van der Waals surface area contributed by atoms with Gasteiger partial charge in [-0.1, -0.05) is 13.8 Å². The molecule has 16 heavy (non-hydrogen) atoms. The highest BCUT2D eigenvalue weighted by Gasteiger charge is 2.37. The molecule has 1 aliphatic rings. The number of carbonyl (C=O) groups excluding carboxylic acids is 1. The van der Waals surface area contributed by atoms with Crippen LogP contribution < -0.4 is 0 Å². The second-order valence-corrected chi connectivity index (χ2v) is 4.53. The Kier molecular flexibility index (Phi) is 3.84. The van der Waals surface area contributed by atoms with E-state index in [4.69, 9.17) is 5.26 Å². The lowest BCUT2D eigenvalue weighted by atomic mass is 9.94. The fourth-order valence-corrected chi connectivity index (χ4v) is 1.74. The Morgan fingerprint density at radius 3 is 2.25 bits per heavy atom. The summed E-state index contributed by atoms with van der Waals surface area (Å²) in [7, 11) is 0. The van der Waals surface area contributed by atoms with E-state index < -0.39 is 11.8 Å². The van der Waals surface area contributed by atoms with Crippen LogP contribution in [0.1, 0.15) is 26.7 Å². The number of carbonyl (C=O) groups is 1. The molecule has 0 aromatic rings. The molecule has 0 aromatic heterocycles. The monoisotopic (exact) mass is 230 g/mol. The maximum Gasteiger partial charge on any atom is 0.251 e. The molecule has 1 unspecified atom stereocenters. The van der Waals surface area contributed by atoms with Crippen LogP contribution in [0, 0.1) is 23.2 Å². The van der Waals surface area contributed by atoms with Gasteiger partial charge in [-0.05, 0) is 5.92 Å². The molecule has 5 heteroatoms. The van der Waals surface area contributed by atoms with Gasteiger partial charge in [-0.25, -0.2) is 8.78 Å². The molecule has 0 aromatic carbocycles. The summed E-state index contributed by atoms with van der Waals surface area (Å²) in [5.74, 6) is -3.77. The van der Waals surface area contributed by atoms with Gasteiger partial charge >= 0.3 is 0 Å². The molecule has 0 bridgehead atoms. The predicted octanol–water partition coefficient (Wildman–Crippen LogP) is 2.04. The van der Waals surface area contributed by atoms with Crippen molar-refractivity contribution in [3.8, 4) is 6.07 Å². The first-order valence-electron chi connectivity index (χ1n) is 5.43. The summed E-state index contributed by atoms with van der Waals surface area (Å²) >= 11 is 0. The molecule has 0 spiro atoms. The second kappa shape index (κ2) is 4.77.